The van der Waals surface area contributed by atoms with Crippen molar-refractivity contribution in [2.75, 3.05) is 27.3 Å². The molecule has 0 bridgehead atoms. The van der Waals surface area contributed by atoms with Gasteiger partial charge in [-0.15, -0.1) is 0 Å². The van der Waals surface area contributed by atoms with E-state index >= 15 is 0 Å². The van der Waals surface area contributed by atoms with Gasteiger partial charge in [0.15, 0.2) is 6.61 Å². The van der Waals surface area contributed by atoms with Crippen molar-refractivity contribution < 1.29 is 32.7 Å². The summed E-state index contributed by atoms with van der Waals surface area (Å²) >= 11 is 0. The zero-order valence-electron chi connectivity index (χ0n) is 14.9. The normalized spacial score (nSPS) is 10.2. The van der Waals surface area contributed by atoms with Crippen molar-refractivity contribution in [3.63, 3.8) is 0 Å². The number of carbonyl (C=O) groups is 3. The molecule has 0 spiro atoms. The number of hydrogen-bond donors (Lipinski definition) is 1. The van der Waals surface area contributed by atoms with Crippen LogP contribution >= 0.6 is 0 Å². The number of hydrogen-bond acceptors (Lipinski definition) is 6. The quantitative estimate of drug-likeness (QED) is 0.697. The maximum Gasteiger partial charge on any atom is 0.341 e. The number of nitrogens with one attached hydrogen (secondary N) is 1. The maximum atomic E-state index is 13.8. The Morgan fingerprint density at radius 1 is 1.26 bits per heavy atom. The number of amides is 2. The van der Waals surface area contributed by atoms with Crippen LogP contribution in [0, 0.1) is 5.82 Å². The molecular weight excluding hydrogens is 359 g/mol. The summed E-state index contributed by atoms with van der Waals surface area (Å²) < 4.78 is 28.5. The van der Waals surface area contributed by atoms with Gasteiger partial charge in [0.2, 0.25) is 5.91 Å². The number of nitrogens with zero attached hydrogens (tertiary/aromatic N) is 1. The molecule has 27 heavy (non-hydrogen) atoms. The highest BCUT2D eigenvalue weighted by atomic mass is 19.1. The van der Waals surface area contributed by atoms with Gasteiger partial charge in [-0.1, -0.05) is 0 Å². The lowest BCUT2D eigenvalue weighted by atomic mass is 10.2. The predicted molar refractivity (Wildman–Crippen MR) is 91.4 cm³/mol. The van der Waals surface area contributed by atoms with Crippen molar-refractivity contribution in [1.82, 2.24) is 10.2 Å². The van der Waals surface area contributed by atoms with Crippen molar-refractivity contribution in [3.8, 4) is 5.75 Å². The standard InChI is InChI=1S/C18H19FN2O6/c1-21(10-16(22)20-9-13-4-3-7-26-13)17(23)11-27-18(24)14-6-5-12(25-2)8-15(14)19/h3-8H,9-11H2,1-2H3,(H,20,22). The van der Waals surface area contributed by atoms with Gasteiger partial charge >= 0.3 is 5.97 Å². The van der Waals surface area contributed by atoms with E-state index in [4.69, 9.17) is 13.9 Å². The zero-order chi connectivity index (χ0) is 19.8. The van der Waals surface area contributed by atoms with Crippen LogP contribution in [0.5, 0.6) is 5.75 Å². The highest BCUT2D eigenvalue weighted by Gasteiger charge is 2.18. The Labute approximate surface area is 154 Å². The number of halogens is 1. The average molecular weight is 378 g/mol. The fraction of sp³-hybridized carbons (Fsp3) is 0.278. The summed E-state index contributed by atoms with van der Waals surface area (Å²) in [6.45, 7) is -0.653. The Kier molecular flexibility index (Phi) is 6.93. The fourth-order valence-corrected chi connectivity index (χ4v) is 2.06. The molecule has 144 valence electrons. The van der Waals surface area contributed by atoms with E-state index in [1.807, 2.05) is 0 Å². The van der Waals surface area contributed by atoms with Gasteiger partial charge in [-0.3, -0.25) is 9.59 Å². The highest BCUT2D eigenvalue weighted by molar-refractivity contribution is 5.92. The third kappa shape index (κ3) is 5.84. The molecule has 2 rings (SSSR count). The maximum absolute atomic E-state index is 13.8. The largest absolute Gasteiger partial charge is 0.497 e. The number of furan rings is 1. The minimum atomic E-state index is -0.987. The minimum absolute atomic E-state index is 0.194. The van der Waals surface area contributed by atoms with E-state index in [9.17, 15) is 18.8 Å². The van der Waals surface area contributed by atoms with E-state index in [-0.39, 0.29) is 24.4 Å². The summed E-state index contributed by atoms with van der Waals surface area (Å²) in [5.41, 5.74) is -0.317. The smallest absolute Gasteiger partial charge is 0.341 e. The first kappa shape index (κ1) is 20.0. The molecule has 0 aliphatic rings. The van der Waals surface area contributed by atoms with Crippen molar-refractivity contribution in [2.45, 2.75) is 6.54 Å². The molecule has 1 aromatic carbocycles. The Morgan fingerprint density at radius 3 is 2.67 bits per heavy atom. The van der Waals surface area contributed by atoms with Gasteiger partial charge in [0, 0.05) is 13.1 Å². The fourth-order valence-electron chi connectivity index (χ4n) is 2.06. The molecule has 9 heteroatoms. The lowest BCUT2D eigenvalue weighted by Crippen LogP contribution is -2.39. The van der Waals surface area contributed by atoms with Gasteiger partial charge in [-0.25, -0.2) is 9.18 Å². The second-order valence-electron chi connectivity index (χ2n) is 5.53. The van der Waals surface area contributed by atoms with E-state index in [0.717, 1.165) is 11.0 Å². The number of carbonyl (C=O) groups excluding carboxylic acids is 3. The second-order valence-corrected chi connectivity index (χ2v) is 5.53. The molecule has 2 aromatic rings. The molecule has 0 atom stereocenters. The summed E-state index contributed by atoms with van der Waals surface area (Å²) in [6.07, 6.45) is 1.48. The van der Waals surface area contributed by atoms with Crippen LogP contribution in [0.2, 0.25) is 0 Å². The van der Waals surface area contributed by atoms with Crippen LogP contribution in [0.1, 0.15) is 16.1 Å². The van der Waals surface area contributed by atoms with Crippen LogP contribution in [0.3, 0.4) is 0 Å². The van der Waals surface area contributed by atoms with Gasteiger partial charge in [0.25, 0.3) is 5.91 Å². The lowest BCUT2D eigenvalue weighted by molar-refractivity contribution is -0.137. The molecule has 0 aliphatic carbocycles. The molecule has 1 heterocycles. The summed E-state index contributed by atoms with van der Waals surface area (Å²) in [6, 6.07) is 7.03. The Hall–Kier alpha value is -3.36. The first-order chi connectivity index (χ1) is 12.9. The van der Waals surface area contributed by atoms with E-state index in [1.165, 1.54) is 32.6 Å². The Morgan fingerprint density at radius 2 is 2.04 bits per heavy atom. The monoisotopic (exact) mass is 378 g/mol. The first-order valence-corrected chi connectivity index (χ1v) is 7.94. The van der Waals surface area contributed by atoms with Crippen LogP contribution in [0.15, 0.2) is 41.0 Å². The van der Waals surface area contributed by atoms with E-state index in [2.05, 4.69) is 5.32 Å². The van der Waals surface area contributed by atoms with Crippen LogP contribution in [-0.2, 0) is 20.9 Å². The number of benzene rings is 1. The van der Waals surface area contributed by atoms with Crippen LogP contribution in [0.25, 0.3) is 0 Å². The van der Waals surface area contributed by atoms with Crippen LogP contribution in [-0.4, -0.2) is 50.0 Å². The third-order valence-electron chi connectivity index (χ3n) is 3.57. The number of methoxy groups -OCH3 is 1. The molecule has 8 nitrogen and oxygen atoms in total. The molecule has 2 amide bonds. The van der Waals surface area contributed by atoms with Gasteiger partial charge < -0.3 is 24.1 Å². The lowest BCUT2D eigenvalue weighted by Gasteiger charge is -2.16. The number of rotatable bonds is 8. The third-order valence-corrected chi connectivity index (χ3v) is 3.57. The number of likely N-dealkylation sites (N-methyl/N-ethyl adjacent to an activating group) is 1. The van der Waals surface area contributed by atoms with Gasteiger partial charge in [0.05, 0.1) is 32.0 Å². The van der Waals surface area contributed by atoms with Crippen LogP contribution < -0.4 is 10.1 Å². The summed E-state index contributed by atoms with van der Waals surface area (Å²) in [5, 5.41) is 2.58. The molecule has 0 radical (unpaired) electrons. The number of ether oxygens (including phenoxy) is 2. The predicted octanol–water partition coefficient (Wildman–Crippen LogP) is 1.36. The molecule has 0 saturated heterocycles. The number of esters is 1. The summed E-state index contributed by atoms with van der Waals surface area (Å²) in [5.74, 6) is -2.00. The molecule has 0 unspecified atom stereocenters. The molecule has 0 saturated carbocycles. The first-order valence-electron chi connectivity index (χ1n) is 7.94. The van der Waals surface area contributed by atoms with E-state index in [1.54, 1.807) is 12.1 Å². The molecule has 1 aromatic heterocycles. The molecule has 1 N–H and O–H groups in total. The second kappa shape index (κ2) is 9.37. The van der Waals surface area contributed by atoms with Crippen molar-refractivity contribution in [3.05, 3.63) is 53.7 Å². The minimum Gasteiger partial charge on any atom is -0.497 e. The molecule has 0 fully saturated rings. The highest BCUT2D eigenvalue weighted by Crippen LogP contribution is 2.17. The zero-order valence-corrected chi connectivity index (χ0v) is 14.9. The summed E-state index contributed by atoms with van der Waals surface area (Å²) in [4.78, 5) is 36.7. The topological polar surface area (TPSA) is 98.1 Å². The Balaban J connectivity index is 1.78. The molecule has 0 aliphatic heterocycles. The Bertz CT molecular complexity index is 806. The SMILES string of the molecule is COc1ccc(C(=O)OCC(=O)N(C)CC(=O)NCc2ccco2)c(F)c1. The average Bonchev–Trinajstić information content (AvgIpc) is 3.17. The van der Waals surface area contributed by atoms with Crippen molar-refractivity contribution >= 4 is 17.8 Å². The van der Waals surface area contributed by atoms with Crippen LogP contribution in [0.4, 0.5) is 4.39 Å². The van der Waals surface area contributed by atoms with E-state index < -0.39 is 30.2 Å². The van der Waals surface area contributed by atoms with Crippen molar-refractivity contribution in [1.29, 1.82) is 0 Å². The summed E-state index contributed by atoms with van der Waals surface area (Å²) in [7, 11) is 2.75. The van der Waals surface area contributed by atoms with Gasteiger partial charge in [-0.2, -0.15) is 0 Å². The van der Waals surface area contributed by atoms with Gasteiger partial charge in [-0.05, 0) is 24.3 Å². The molecular formula is C18H19FN2O6. The van der Waals surface area contributed by atoms with E-state index in [0.29, 0.717) is 5.76 Å². The van der Waals surface area contributed by atoms with Gasteiger partial charge in [0.1, 0.15) is 17.3 Å². The van der Waals surface area contributed by atoms with Crippen molar-refractivity contribution in [2.24, 2.45) is 0 Å².